The van der Waals surface area contributed by atoms with Gasteiger partial charge in [-0.15, -0.1) is 11.8 Å². The van der Waals surface area contributed by atoms with Gasteiger partial charge in [-0.25, -0.2) is 4.39 Å². The molecule has 7 heteroatoms. The van der Waals surface area contributed by atoms with Crippen molar-refractivity contribution >= 4 is 35.1 Å². The molecule has 5 nitrogen and oxygen atoms in total. The summed E-state index contributed by atoms with van der Waals surface area (Å²) in [6, 6.07) is 12.6. The number of nitrogens with one attached hydrogen (secondary N) is 1. The SMILES string of the molecule is CC(=O)c1cccc(NC(=O)[C@H](C)OC(=O)CSc2ccccc2F)c1. The normalized spacial score (nSPS) is 11.5. The Morgan fingerprint density at radius 1 is 1.15 bits per heavy atom. The van der Waals surface area contributed by atoms with Gasteiger partial charge in [-0.05, 0) is 38.1 Å². The van der Waals surface area contributed by atoms with Crippen LogP contribution in [0.3, 0.4) is 0 Å². The number of halogens is 1. The standard InChI is InChI=1S/C19H18FNO4S/c1-12(22)14-6-5-7-15(10-14)21-19(24)13(2)25-18(23)11-26-17-9-4-3-8-16(17)20/h3-10,13H,11H2,1-2H3,(H,21,24)/t13-/m0/s1. The van der Waals surface area contributed by atoms with E-state index in [2.05, 4.69) is 5.32 Å². The second-order valence-electron chi connectivity index (χ2n) is 5.48. The molecule has 1 atom stereocenters. The summed E-state index contributed by atoms with van der Waals surface area (Å²) < 4.78 is 18.6. The van der Waals surface area contributed by atoms with E-state index < -0.39 is 23.8 Å². The zero-order valence-corrected chi connectivity index (χ0v) is 15.1. The smallest absolute Gasteiger partial charge is 0.317 e. The minimum atomic E-state index is -1.02. The van der Waals surface area contributed by atoms with E-state index in [0.29, 0.717) is 16.1 Å². The van der Waals surface area contributed by atoms with E-state index in [0.717, 1.165) is 11.8 Å². The van der Waals surface area contributed by atoms with Crippen LogP contribution in [0.15, 0.2) is 53.4 Å². The molecule has 0 spiro atoms. The van der Waals surface area contributed by atoms with E-state index in [9.17, 15) is 18.8 Å². The van der Waals surface area contributed by atoms with E-state index in [1.807, 2.05) is 0 Å². The molecule has 0 bridgehead atoms. The highest BCUT2D eigenvalue weighted by Gasteiger charge is 2.18. The van der Waals surface area contributed by atoms with E-state index in [-0.39, 0.29) is 11.5 Å². The van der Waals surface area contributed by atoms with Crippen LogP contribution in [0.25, 0.3) is 0 Å². The Balaban J connectivity index is 1.86. The van der Waals surface area contributed by atoms with Gasteiger partial charge in [-0.1, -0.05) is 24.3 Å². The molecule has 0 aromatic heterocycles. The lowest BCUT2D eigenvalue weighted by molar-refractivity contribution is -0.150. The van der Waals surface area contributed by atoms with Crippen molar-refractivity contribution in [2.75, 3.05) is 11.1 Å². The number of hydrogen-bond acceptors (Lipinski definition) is 5. The van der Waals surface area contributed by atoms with Gasteiger partial charge in [-0.3, -0.25) is 14.4 Å². The number of anilines is 1. The van der Waals surface area contributed by atoms with Crippen molar-refractivity contribution in [3.8, 4) is 0 Å². The van der Waals surface area contributed by atoms with Crippen LogP contribution in [-0.4, -0.2) is 29.5 Å². The topological polar surface area (TPSA) is 72.5 Å². The van der Waals surface area contributed by atoms with Gasteiger partial charge in [0.1, 0.15) is 5.82 Å². The van der Waals surface area contributed by atoms with Crippen LogP contribution in [0.2, 0.25) is 0 Å². The first-order valence-corrected chi connectivity index (χ1v) is 8.84. The molecule has 0 radical (unpaired) electrons. The maximum absolute atomic E-state index is 13.5. The van der Waals surface area contributed by atoms with Crippen molar-refractivity contribution in [3.63, 3.8) is 0 Å². The Hall–Kier alpha value is -2.67. The molecule has 0 saturated heterocycles. The number of hydrogen-bond donors (Lipinski definition) is 1. The van der Waals surface area contributed by atoms with E-state index in [4.69, 9.17) is 4.74 Å². The number of esters is 1. The molecule has 2 aromatic rings. The summed E-state index contributed by atoms with van der Waals surface area (Å²) in [5, 5.41) is 2.59. The molecule has 0 unspecified atom stereocenters. The number of benzene rings is 2. The number of ketones is 1. The molecule has 136 valence electrons. The summed E-state index contributed by atoms with van der Waals surface area (Å²) in [6.07, 6.45) is -1.02. The average Bonchev–Trinajstić information content (AvgIpc) is 2.61. The molecule has 2 aromatic carbocycles. The Morgan fingerprint density at radius 3 is 2.58 bits per heavy atom. The van der Waals surface area contributed by atoms with Crippen molar-refractivity contribution in [2.24, 2.45) is 0 Å². The average molecular weight is 375 g/mol. The maximum atomic E-state index is 13.5. The number of rotatable bonds is 7. The Bertz CT molecular complexity index is 825. The summed E-state index contributed by atoms with van der Waals surface area (Å²) in [6.45, 7) is 2.87. The van der Waals surface area contributed by atoms with E-state index >= 15 is 0 Å². The number of amides is 1. The van der Waals surface area contributed by atoms with Crippen molar-refractivity contribution in [1.29, 1.82) is 0 Å². The maximum Gasteiger partial charge on any atom is 0.317 e. The van der Waals surface area contributed by atoms with Crippen molar-refractivity contribution in [3.05, 3.63) is 59.9 Å². The van der Waals surface area contributed by atoms with E-state index in [1.54, 1.807) is 42.5 Å². The summed E-state index contributed by atoms with van der Waals surface area (Å²) in [4.78, 5) is 35.7. The molecular weight excluding hydrogens is 357 g/mol. The third kappa shape index (κ3) is 5.70. The Morgan fingerprint density at radius 2 is 1.88 bits per heavy atom. The van der Waals surface area contributed by atoms with Crippen molar-refractivity contribution in [1.82, 2.24) is 0 Å². The van der Waals surface area contributed by atoms with Crippen LogP contribution < -0.4 is 5.32 Å². The van der Waals surface area contributed by atoms with Crippen LogP contribution in [0, 0.1) is 5.82 Å². The van der Waals surface area contributed by atoms with Gasteiger partial charge >= 0.3 is 5.97 Å². The van der Waals surface area contributed by atoms with Crippen LogP contribution in [0.4, 0.5) is 10.1 Å². The Kier molecular flexibility index (Phi) is 6.91. The molecule has 0 aliphatic carbocycles. The van der Waals surface area contributed by atoms with Crippen LogP contribution in [-0.2, 0) is 14.3 Å². The number of Topliss-reactive ketones (excluding diaryl/α,β-unsaturated/α-hetero) is 1. The molecule has 0 aliphatic heterocycles. The predicted octanol–water partition coefficient (Wildman–Crippen LogP) is 3.69. The zero-order valence-electron chi connectivity index (χ0n) is 14.3. The minimum absolute atomic E-state index is 0.113. The molecule has 0 saturated carbocycles. The number of thioether (sulfide) groups is 1. The van der Waals surface area contributed by atoms with Crippen LogP contribution >= 0.6 is 11.8 Å². The van der Waals surface area contributed by atoms with Crippen LogP contribution in [0.5, 0.6) is 0 Å². The number of carbonyl (C=O) groups is 3. The molecule has 0 heterocycles. The highest BCUT2D eigenvalue weighted by molar-refractivity contribution is 8.00. The molecule has 0 fully saturated rings. The molecule has 1 N–H and O–H groups in total. The summed E-state index contributed by atoms with van der Waals surface area (Å²) >= 11 is 0.999. The summed E-state index contributed by atoms with van der Waals surface area (Å²) in [5.74, 6) is -1.79. The van der Waals surface area contributed by atoms with E-state index in [1.165, 1.54) is 19.9 Å². The zero-order chi connectivity index (χ0) is 19.1. The molecule has 1 amide bonds. The summed E-state index contributed by atoms with van der Waals surface area (Å²) in [7, 11) is 0. The van der Waals surface area contributed by atoms with Gasteiger partial charge in [0.25, 0.3) is 5.91 Å². The lowest BCUT2D eigenvalue weighted by Gasteiger charge is -2.14. The molecular formula is C19H18FNO4S. The molecule has 0 aliphatic rings. The highest BCUT2D eigenvalue weighted by atomic mass is 32.2. The molecule has 2 rings (SSSR count). The van der Waals surface area contributed by atoms with Gasteiger partial charge in [0.2, 0.25) is 0 Å². The number of carbonyl (C=O) groups excluding carboxylic acids is 3. The molecule has 26 heavy (non-hydrogen) atoms. The van der Waals surface area contributed by atoms with Crippen molar-refractivity contribution < 1.29 is 23.5 Å². The quantitative estimate of drug-likeness (QED) is 0.454. The van der Waals surface area contributed by atoms with Crippen LogP contribution in [0.1, 0.15) is 24.2 Å². The second kappa shape index (κ2) is 9.15. The first-order chi connectivity index (χ1) is 12.4. The number of ether oxygens (including phenoxy) is 1. The van der Waals surface area contributed by atoms with Gasteiger partial charge in [0, 0.05) is 16.1 Å². The monoisotopic (exact) mass is 375 g/mol. The van der Waals surface area contributed by atoms with Gasteiger partial charge in [0.05, 0.1) is 5.75 Å². The Labute approximate surface area is 154 Å². The third-order valence-corrected chi connectivity index (χ3v) is 4.42. The second-order valence-corrected chi connectivity index (χ2v) is 6.49. The first kappa shape index (κ1) is 19.7. The van der Waals surface area contributed by atoms with Gasteiger partial charge < -0.3 is 10.1 Å². The largest absolute Gasteiger partial charge is 0.452 e. The predicted molar refractivity (Wildman–Crippen MR) is 97.8 cm³/mol. The fourth-order valence-corrected chi connectivity index (χ4v) is 2.77. The lowest BCUT2D eigenvalue weighted by atomic mass is 10.1. The lowest BCUT2D eigenvalue weighted by Crippen LogP contribution is -2.30. The first-order valence-electron chi connectivity index (χ1n) is 7.85. The van der Waals surface area contributed by atoms with Crippen molar-refractivity contribution in [2.45, 2.75) is 24.8 Å². The minimum Gasteiger partial charge on any atom is -0.452 e. The summed E-state index contributed by atoms with van der Waals surface area (Å²) in [5.41, 5.74) is 0.903. The van der Waals surface area contributed by atoms with Gasteiger partial charge in [0.15, 0.2) is 11.9 Å². The fourth-order valence-electron chi connectivity index (χ4n) is 2.04. The van der Waals surface area contributed by atoms with Gasteiger partial charge in [-0.2, -0.15) is 0 Å². The fraction of sp³-hybridized carbons (Fsp3) is 0.211. The third-order valence-electron chi connectivity index (χ3n) is 3.40. The highest BCUT2D eigenvalue weighted by Crippen LogP contribution is 2.21.